The predicted octanol–water partition coefficient (Wildman–Crippen LogP) is 0.268. The lowest BCUT2D eigenvalue weighted by atomic mass is 10.3. The Morgan fingerprint density at radius 3 is 2.71 bits per heavy atom. The van der Waals surface area contributed by atoms with Gasteiger partial charge in [-0.05, 0) is 37.2 Å². The fraction of sp³-hybridized carbons (Fsp3) is 0.533. The highest BCUT2D eigenvalue weighted by Crippen LogP contribution is 2.15. The Morgan fingerprint density at radius 2 is 2.00 bits per heavy atom. The summed E-state index contributed by atoms with van der Waals surface area (Å²) in [5.74, 6) is 1.89. The summed E-state index contributed by atoms with van der Waals surface area (Å²) in [6.45, 7) is 3.86. The number of ether oxygens (including phenoxy) is 1. The van der Waals surface area contributed by atoms with Gasteiger partial charge in [-0.2, -0.15) is 0 Å². The van der Waals surface area contributed by atoms with Gasteiger partial charge in [0.2, 0.25) is 15.9 Å². The summed E-state index contributed by atoms with van der Waals surface area (Å²) in [5, 5.41) is 8.31. The number of thioether (sulfide) groups is 1. The molecule has 1 aliphatic rings. The number of nitrogens with zero attached hydrogens (tertiary/aromatic N) is 1. The van der Waals surface area contributed by atoms with Crippen LogP contribution in [-0.2, 0) is 14.8 Å². The molecule has 1 aliphatic heterocycles. The molecule has 1 heterocycles. The third kappa shape index (κ3) is 6.31. The van der Waals surface area contributed by atoms with E-state index < -0.39 is 10.0 Å². The molecule has 0 bridgehead atoms. The lowest BCUT2D eigenvalue weighted by Gasteiger charge is -2.19. The molecular formula is C15H23N3O4S2. The second kappa shape index (κ2) is 9.26. The van der Waals surface area contributed by atoms with E-state index in [1.807, 2.05) is 4.90 Å². The zero-order valence-corrected chi connectivity index (χ0v) is 15.1. The van der Waals surface area contributed by atoms with Crippen LogP contribution in [0.2, 0.25) is 0 Å². The molecule has 0 saturated carbocycles. The van der Waals surface area contributed by atoms with Gasteiger partial charge in [-0.25, -0.2) is 13.6 Å². The van der Waals surface area contributed by atoms with Crippen LogP contribution in [-0.4, -0.2) is 63.5 Å². The number of hydrogen-bond donors (Lipinski definition) is 2. The first-order valence-corrected chi connectivity index (χ1v) is 10.5. The minimum Gasteiger partial charge on any atom is -0.493 e. The summed E-state index contributed by atoms with van der Waals surface area (Å²) in [5.41, 5.74) is 0. The number of sulfonamides is 1. The summed E-state index contributed by atoms with van der Waals surface area (Å²) >= 11 is 1.54. The smallest absolute Gasteiger partial charge is 0.238 e. The Labute approximate surface area is 147 Å². The van der Waals surface area contributed by atoms with Crippen LogP contribution in [0.3, 0.4) is 0 Å². The van der Waals surface area contributed by atoms with E-state index in [2.05, 4.69) is 5.32 Å². The molecule has 1 aromatic rings. The monoisotopic (exact) mass is 373 g/mol. The van der Waals surface area contributed by atoms with Crippen molar-refractivity contribution < 1.29 is 17.9 Å². The predicted molar refractivity (Wildman–Crippen MR) is 94.7 cm³/mol. The second-order valence-electron chi connectivity index (χ2n) is 5.40. The molecule has 0 spiro atoms. The van der Waals surface area contributed by atoms with E-state index in [9.17, 15) is 13.2 Å². The van der Waals surface area contributed by atoms with Gasteiger partial charge >= 0.3 is 0 Å². The van der Waals surface area contributed by atoms with Crippen molar-refractivity contribution in [3.63, 3.8) is 0 Å². The topological polar surface area (TPSA) is 102 Å². The summed E-state index contributed by atoms with van der Waals surface area (Å²) in [6, 6.07) is 5.96. The van der Waals surface area contributed by atoms with Crippen molar-refractivity contribution >= 4 is 27.7 Å². The van der Waals surface area contributed by atoms with Gasteiger partial charge in [0.05, 0.1) is 17.3 Å². The van der Waals surface area contributed by atoms with Gasteiger partial charge in [0, 0.05) is 25.4 Å². The highest BCUT2D eigenvalue weighted by Gasteiger charge is 2.14. The lowest BCUT2D eigenvalue weighted by Crippen LogP contribution is -2.35. The fourth-order valence-electron chi connectivity index (χ4n) is 2.29. The number of nitrogens with two attached hydrogens (primary N) is 1. The van der Waals surface area contributed by atoms with Crippen LogP contribution in [0.4, 0.5) is 0 Å². The largest absolute Gasteiger partial charge is 0.493 e. The number of benzene rings is 1. The van der Waals surface area contributed by atoms with Crippen molar-refractivity contribution in [1.82, 2.24) is 10.2 Å². The third-order valence-electron chi connectivity index (χ3n) is 3.57. The normalized spacial score (nSPS) is 15.8. The van der Waals surface area contributed by atoms with Gasteiger partial charge in [0.15, 0.2) is 0 Å². The maximum Gasteiger partial charge on any atom is 0.238 e. The van der Waals surface area contributed by atoms with Crippen LogP contribution in [0.1, 0.15) is 6.42 Å². The summed E-state index contributed by atoms with van der Waals surface area (Å²) < 4.78 is 27.8. The molecule has 0 radical (unpaired) electrons. The van der Waals surface area contributed by atoms with Crippen molar-refractivity contribution in [3.05, 3.63) is 24.3 Å². The van der Waals surface area contributed by atoms with Crippen LogP contribution in [0.15, 0.2) is 29.2 Å². The first-order chi connectivity index (χ1) is 11.5. The summed E-state index contributed by atoms with van der Waals surface area (Å²) in [4.78, 5) is 14.0. The number of carbonyl (C=O) groups excluding carboxylic acids is 1. The molecule has 1 amide bonds. The van der Waals surface area contributed by atoms with Gasteiger partial charge in [-0.3, -0.25) is 4.79 Å². The van der Waals surface area contributed by atoms with Crippen molar-refractivity contribution in [2.75, 3.05) is 44.3 Å². The summed E-state index contributed by atoms with van der Waals surface area (Å²) in [7, 11) is -3.68. The maximum atomic E-state index is 12.1. The van der Waals surface area contributed by atoms with E-state index in [0.29, 0.717) is 23.9 Å². The molecule has 0 aromatic heterocycles. The van der Waals surface area contributed by atoms with E-state index in [0.717, 1.165) is 32.6 Å². The average Bonchev–Trinajstić information content (AvgIpc) is 2.83. The number of hydrogen-bond acceptors (Lipinski definition) is 6. The SMILES string of the molecule is NS(=O)(=O)c1ccc(OCCSCC(=O)N2CCCNCC2)cc1. The lowest BCUT2D eigenvalue weighted by molar-refractivity contribution is -0.128. The molecule has 0 atom stereocenters. The van der Waals surface area contributed by atoms with Crippen LogP contribution in [0.5, 0.6) is 5.75 Å². The number of rotatable bonds is 7. The first kappa shape index (κ1) is 19.0. The van der Waals surface area contributed by atoms with Gasteiger partial charge < -0.3 is 15.0 Å². The molecular weight excluding hydrogens is 350 g/mol. The van der Waals surface area contributed by atoms with E-state index in [-0.39, 0.29) is 10.8 Å². The Morgan fingerprint density at radius 1 is 1.25 bits per heavy atom. The molecule has 1 saturated heterocycles. The van der Waals surface area contributed by atoms with Crippen LogP contribution in [0.25, 0.3) is 0 Å². The Hall–Kier alpha value is -1.29. The standard InChI is InChI=1S/C15H23N3O4S2/c16-24(20,21)14-4-2-13(3-5-14)22-10-11-23-12-15(19)18-8-1-6-17-7-9-18/h2-5,17H,1,6-12H2,(H2,16,20,21). The molecule has 9 heteroatoms. The number of nitrogens with one attached hydrogen (secondary N) is 1. The van der Waals surface area contributed by atoms with Crippen molar-refractivity contribution in [1.29, 1.82) is 0 Å². The molecule has 0 aliphatic carbocycles. The highest BCUT2D eigenvalue weighted by molar-refractivity contribution is 7.99. The van der Waals surface area contributed by atoms with Crippen molar-refractivity contribution in [2.45, 2.75) is 11.3 Å². The minimum atomic E-state index is -3.68. The molecule has 24 heavy (non-hydrogen) atoms. The van der Waals surface area contributed by atoms with E-state index in [4.69, 9.17) is 9.88 Å². The van der Waals surface area contributed by atoms with Gasteiger partial charge in [-0.15, -0.1) is 11.8 Å². The zero-order chi connectivity index (χ0) is 17.4. The zero-order valence-electron chi connectivity index (χ0n) is 13.4. The molecule has 0 unspecified atom stereocenters. The quantitative estimate of drug-likeness (QED) is 0.665. The van der Waals surface area contributed by atoms with E-state index in [1.54, 1.807) is 12.1 Å². The molecule has 3 N–H and O–H groups in total. The average molecular weight is 374 g/mol. The highest BCUT2D eigenvalue weighted by atomic mass is 32.2. The van der Waals surface area contributed by atoms with E-state index >= 15 is 0 Å². The van der Waals surface area contributed by atoms with Crippen LogP contribution < -0.4 is 15.2 Å². The molecule has 2 rings (SSSR count). The molecule has 1 aromatic carbocycles. The minimum absolute atomic E-state index is 0.0572. The van der Waals surface area contributed by atoms with Gasteiger partial charge in [0.1, 0.15) is 5.75 Å². The van der Waals surface area contributed by atoms with Gasteiger partial charge in [-0.1, -0.05) is 0 Å². The molecule has 1 fully saturated rings. The first-order valence-electron chi connectivity index (χ1n) is 7.79. The number of amides is 1. The van der Waals surface area contributed by atoms with Gasteiger partial charge in [0.25, 0.3) is 0 Å². The molecule has 7 nitrogen and oxygen atoms in total. The Bertz CT molecular complexity index is 627. The van der Waals surface area contributed by atoms with Crippen molar-refractivity contribution in [3.8, 4) is 5.75 Å². The van der Waals surface area contributed by atoms with Crippen LogP contribution >= 0.6 is 11.8 Å². The van der Waals surface area contributed by atoms with E-state index in [1.165, 1.54) is 23.9 Å². The van der Waals surface area contributed by atoms with Crippen LogP contribution in [0, 0.1) is 0 Å². The second-order valence-corrected chi connectivity index (χ2v) is 8.07. The third-order valence-corrected chi connectivity index (χ3v) is 5.40. The Kier molecular flexibility index (Phi) is 7.35. The number of carbonyl (C=O) groups is 1. The maximum absolute atomic E-state index is 12.1. The molecule has 134 valence electrons. The number of primary sulfonamides is 1. The Balaban J connectivity index is 1.65. The van der Waals surface area contributed by atoms with Crippen molar-refractivity contribution in [2.24, 2.45) is 5.14 Å². The fourth-order valence-corrected chi connectivity index (χ4v) is 3.51. The summed E-state index contributed by atoms with van der Waals surface area (Å²) in [6.07, 6.45) is 0.994.